The van der Waals surface area contributed by atoms with E-state index in [2.05, 4.69) is 17.1 Å². The number of carboxylic acid groups (broad SMARTS) is 1. The van der Waals surface area contributed by atoms with E-state index < -0.39 is 23.6 Å². The van der Waals surface area contributed by atoms with Crippen LogP contribution in [0.4, 0.5) is 5.69 Å². The summed E-state index contributed by atoms with van der Waals surface area (Å²) in [6, 6.07) is 10.8. The lowest BCUT2D eigenvalue weighted by atomic mass is 9.87. The fourth-order valence-corrected chi connectivity index (χ4v) is 8.56. The van der Waals surface area contributed by atoms with Gasteiger partial charge in [0.15, 0.2) is 5.78 Å². The molecule has 0 radical (unpaired) electrons. The molecule has 50 heavy (non-hydrogen) atoms. The summed E-state index contributed by atoms with van der Waals surface area (Å²) < 4.78 is 21.1. The molecule has 2 N–H and O–H groups in total. The molecular formula is C37H46Cl2N4O7. The van der Waals surface area contributed by atoms with Gasteiger partial charge in [-0.2, -0.15) is 0 Å². The highest BCUT2D eigenvalue weighted by Crippen LogP contribution is 2.46. The fourth-order valence-electron chi connectivity index (χ4n) is 8.09. The summed E-state index contributed by atoms with van der Waals surface area (Å²) in [5, 5.41) is 13.9. The number of aromatic nitrogens is 1. The van der Waals surface area contributed by atoms with E-state index >= 15 is 4.79 Å². The van der Waals surface area contributed by atoms with Gasteiger partial charge in [-0.1, -0.05) is 48.3 Å². The number of hydrogen-bond acceptors (Lipinski definition) is 8. The molecule has 1 aliphatic carbocycles. The highest BCUT2D eigenvalue weighted by Gasteiger charge is 2.62. The number of aliphatic carboxylic acids is 1. The van der Waals surface area contributed by atoms with Gasteiger partial charge in [0.2, 0.25) is 11.8 Å². The molecule has 1 amide bonds. The van der Waals surface area contributed by atoms with E-state index in [9.17, 15) is 14.7 Å². The average Bonchev–Trinajstić information content (AvgIpc) is 3.85. The minimum absolute atomic E-state index is 0.120. The Kier molecular flexibility index (Phi) is 11.0. The lowest BCUT2D eigenvalue weighted by Crippen LogP contribution is -2.72. The van der Waals surface area contributed by atoms with E-state index in [4.69, 9.17) is 37.4 Å². The maximum Gasteiger partial charge on any atom is 0.306 e. The number of rotatable bonds is 12. The molecule has 3 aliphatic rings. The van der Waals surface area contributed by atoms with Crippen molar-refractivity contribution in [3.05, 3.63) is 63.8 Å². The Bertz CT molecular complexity index is 1750. The maximum atomic E-state index is 15.1. The quantitative estimate of drug-likeness (QED) is 0.200. The zero-order chi connectivity index (χ0) is 35.8. The maximum absolute atomic E-state index is 15.1. The van der Waals surface area contributed by atoms with Gasteiger partial charge < -0.3 is 29.2 Å². The van der Waals surface area contributed by atoms with Crippen molar-refractivity contribution in [2.75, 3.05) is 39.2 Å². The van der Waals surface area contributed by atoms with Gasteiger partial charge in [-0.3, -0.25) is 19.3 Å². The van der Waals surface area contributed by atoms with Crippen LogP contribution in [-0.2, 0) is 37.3 Å². The Balaban J connectivity index is 1.33. The number of methoxy groups -OCH3 is 2. The van der Waals surface area contributed by atoms with Crippen molar-refractivity contribution in [1.29, 1.82) is 0 Å². The zero-order valence-corrected chi connectivity index (χ0v) is 30.6. The molecule has 13 heteroatoms. The molecule has 270 valence electrons. The molecule has 3 heterocycles. The first-order valence-corrected chi connectivity index (χ1v) is 18.1. The summed E-state index contributed by atoms with van der Waals surface area (Å²) in [6.45, 7) is 3.81. The fraction of sp³-hybridized carbons (Fsp3) is 0.541. The Morgan fingerprint density at radius 1 is 1.02 bits per heavy atom. The number of carbonyl (C=O) groups is 3. The van der Waals surface area contributed by atoms with Gasteiger partial charge in [-0.25, -0.2) is 4.90 Å². The van der Waals surface area contributed by atoms with Crippen LogP contribution >= 0.6 is 23.2 Å². The third-order valence-corrected chi connectivity index (χ3v) is 11.3. The number of amides is 1. The van der Waals surface area contributed by atoms with E-state index in [0.717, 1.165) is 23.7 Å². The van der Waals surface area contributed by atoms with Gasteiger partial charge >= 0.3 is 5.97 Å². The summed E-state index contributed by atoms with van der Waals surface area (Å²) >= 11 is 13.7. The second-order valence-corrected chi connectivity index (χ2v) is 14.7. The molecule has 1 aromatic heterocycles. The summed E-state index contributed by atoms with van der Waals surface area (Å²) in [7, 11) is 5.04. The van der Waals surface area contributed by atoms with Gasteiger partial charge in [0.25, 0.3) is 5.91 Å². The Labute approximate surface area is 302 Å². The molecule has 2 aromatic carbocycles. The standard InChI is InChI=1S/C37H46Cl2N4O7/c1-23-20-36(48-3,49-4)43(21-23)37(42-15-7-8-16-42,50-26-13-11-24(12-14-26)35(46)47)33(44)18-25-17-30(39)31(19-29(25)38)40-34(45)28-22-41(2)32-10-6-5-9-27(28)32/h5-6,9-10,17,19,22-24,26H,7-8,11-16,18,20-21H2,1-4H3,(H,40,45)(H,46,47)/t23-,24?,26?,37?/m0/s1. The van der Waals surface area contributed by atoms with Crippen LogP contribution in [0.3, 0.4) is 0 Å². The largest absolute Gasteiger partial charge is 0.481 e. The normalized spacial score (nSPS) is 24.0. The van der Waals surface area contributed by atoms with Crippen LogP contribution in [-0.4, -0.2) is 88.9 Å². The van der Waals surface area contributed by atoms with E-state index in [1.807, 2.05) is 40.8 Å². The van der Waals surface area contributed by atoms with Crippen molar-refractivity contribution >= 4 is 57.5 Å². The molecule has 3 fully saturated rings. The van der Waals surface area contributed by atoms with Crippen molar-refractivity contribution in [3.8, 4) is 0 Å². The third-order valence-electron chi connectivity index (χ3n) is 10.6. The number of aryl methyl sites for hydroxylation is 1. The number of anilines is 1. The average molecular weight is 730 g/mol. The second kappa shape index (κ2) is 14.9. The Hall–Kier alpha value is -3.03. The summed E-state index contributed by atoms with van der Waals surface area (Å²) in [6.07, 6.45) is 5.54. The number of carbonyl (C=O) groups excluding carboxylic acids is 2. The minimum Gasteiger partial charge on any atom is -0.481 e. The van der Waals surface area contributed by atoms with Crippen LogP contribution in [0.5, 0.6) is 0 Å². The lowest BCUT2D eigenvalue weighted by molar-refractivity contribution is -0.364. The van der Waals surface area contributed by atoms with E-state index in [-0.39, 0.29) is 40.2 Å². The summed E-state index contributed by atoms with van der Waals surface area (Å²) in [5.41, 5.74) is 2.24. The predicted molar refractivity (Wildman–Crippen MR) is 191 cm³/mol. The summed E-state index contributed by atoms with van der Waals surface area (Å²) in [5.74, 6) is -4.51. The molecular weight excluding hydrogens is 683 g/mol. The minimum atomic E-state index is -1.58. The molecule has 3 aromatic rings. The smallest absolute Gasteiger partial charge is 0.306 e. The molecule has 1 saturated carbocycles. The number of nitrogens with zero attached hydrogens (tertiary/aromatic N) is 3. The van der Waals surface area contributed by atoms with Crippen molar-refractivity contribution in [3.63, 3.8) is 0 Å². The van der Waals surface area contributed by atoms with E-state index in [0.29, 0.717) is 68.6 Å². The first-order chi connectivity index (χ1) is 23.9. The third kappa shape index (κ3) is 6.81. The number of hydrogen-bond donors (Lipinski definition) is 2. The lowest BCUT2D eigenvalue weighted by Gasteiger charge is -2.52. The van der Waals surface area contributed by atoms with Crippen molar-refractivity contribution in [2.24, 2.45) is 18.9 Å². The number of ketones is 1. The highest BCUT2D eigenvalue weighted by molar-refractivity contribution is 6.36. The number of nitrogens with one attached hydrogen (secondary N) is 1. The van der Waals surface area contributed by atoms with Crippen LogP contribution in [0.1, 0.15) is 67.8 Å². The van der Waals surface area contributed by atoms with Crippen LogP contribution in [0.15, 0.2) is 42.6 Å². The van der Waals surface area contributed by atoms with Gasteiger partial charge in [0.05, 0.1) is 28.3 Å². The van der Waals surface area contributed by atoms with Crippen LogP contribution < -0.4 is 5.32 Å². The van der Waals surface area contributed by atoms with Gasteiger partial charge in [0, 0.05) is 75.9 Å². The Morgan fingerprint density at radius 2 is 1.70 bits per heavy atom. The zero-order valence-electron chi connectivity index (χ0n) is 29.0. The summed E-state index contributed by atoms with van der Waals surface area (Å²) in [4.78, 5) is 44.3. The first-order valence-electron chi connectivity index (χ1n) is 17.3. The van der Waals surface area contributed by atoms with Gasteiger partial charge in [-0.05, 0) is 68.2 Å². The Morgan fingerprint density at radius 3 is 2.36 bits per heavy atom. The SMILES string of the molecule is COC1(OC)C[C@H](C)CN1C(OC1CCC(C(=O)O)CC1)(C(=O)Cc1cc(Cl)c(NC(=O)c2cn(C)c3ccccc23)cc1Cl)N1CCCC1. The number of fused-ring (bicyclic) bond motifs is 1. The number of ether oxygens (including phenoxy) is 3. The predicted octanol–water partition coefficient (Wildman–Crippen LogP) is 6.55. The molecule has 2 aliphatic heterocycles. The molecule has 6 rings (SSSR count). The number of likely N-dealkylation sites (tertiary alicyclic amines) is 2. The van der Waals surface area contributed by atoms with Gasteiger partial charge in [-0.15, -0.1) is 0 Å². The highest BCUT2D eigenvalue weighted by atomic mass is 35.5. The number of carboxylic acids is 1. The van der Waals surface area contributed by atoms with Crippen molar-refractivity contribution in [1.82, 2.24) is 14.4 Å². The molecule has 0 bridgehead atoms. The molecule has 2 atom stereocenters. The second-order valence-electron chi connectivity index (χ2n) is 13.9. The van der Waals surface area contributed by atoms with Crippen molar-refractivity contribution < 1.29 is 33.7 Å². The first kappa shape index (κ1) is 36.8. The monoisotopic (exact) mass is 728 g/mol. The van der Waals surface area contributed by atoms with E-state index in [1.54, 1.807) is 32.5 Å². The molecule has 11 nitrogen and oxygen atoms in total. The van der Waals surface area contributed by atoms with Crippen LogP contribution in [0.25, 0.3) is 10.9 Å². The van der Waals surface area contributed by atoms with Crippen LogP contribution in [0, 0.1) is 11.8 Å². The number of Topliss-reactive ketones (excluding diaryl/α,β-unsaturated/α-hetero) is 1. The van der Waals surface area contributed by atoms with Gasteiger partial charge in [0.1, 0.15) is 0 Å². The van der Waals surface area contributed by atoms with Crippen LogP contribution in [0.2, 0.25) is 10.0 Å². The topological polar surface area (TPSA) is 123 Å². The number of para-hydroxylation sites is 1. The number of halogens is 2. The molecule has 1 unspecified atom stereocenters. The van der Waals surface area contributed by atoms with Crippen molar-refractivity contribution in [2.45, 2.75) is 76.2 Å². The molecule has 0 spiro atoms. The number of benzene rings is 2. The molecule has 2 saturated heterocycles. The van der Waals surface area contributed by atoms with E-state index in [1.165, 1.54) is 0 Å².